The van der Waals surface area contributed by atoms with Crippen LogP contribution in [0.3, 0.4) is 0 Å². The number of nitrogens with one attached hydrogen (secondary N) is 2. The number of esters is 1. The standard InChI is InChI=1S/C22H18F2N2O5S/c1-14-5-8-18(12-20(14)24)25-21(27)13-31-22(28)15-3-2-4-19(11-15)32(29,30)26-17-9-6-16(23)7-10-17/h2-12,26H,13H2,1H3,(H,25,27). The van der Waals surface area contributed by atoms with Gasteiger partial charge in [0.1, 0.15) is 11.6 Å². The molecule has 3 aromatic carbocycles. The van der Waals surface area contributed by atoms with Crippen LogP contribution in [0.5, 0.6) is 0 Å². The molecular formula is C22H18F2N2O5S. The Kier molecular flexibility index (Phi) is 6.84. The van der Waals surface area contributed by atoms with E-state index >= 15 is 0 Å². The molecule has 32 heavy (non-hydrogen) atoms. The Hall–Kier alpha value is -3.79. The van der Waals surface area contributed by atoms with Crippen molar-refractivity contribution in [3.05, 3.63) is 89.5 Å². The molecule has 0 aliphatic carbocycles. The van der Waals surface area contributed by atoms with Gasteiger partial charge in [-0.1, -0.05) is 12.1 Å². The lowest BCUT2D eigenvalue weighted by Gasteiger charge is -2.10. The topological polar surface area (TPSA) is 102 Å². The molecule has 10 heteroatoms. The normalized spacial score (nSPS) is 11.0. The maximum atomic E-state index is 13.5. The predicted molar refractivity (Wildman–Crippen MR) is 114 cm³/mol. The van der Waals surface area contributed by atoms with E-state index in [2.05, 4.69) is 10.0 Å². The van der Waals surface area contributed by atoms with Crippen LogP contribution in [0.1, 0.15) is 15.9 Å². The van der Waals surface area contributed by atoms with Gasteiger partial charge in [-0.2, -0.15) is 0 Å². The molecule has 2 N–H and O–H groups in total. The Bertz CT molecular complexity index is 1260. The molecule has 0 radical (unpaired) electrons. The van der Waals surface area contributed by atoms with Crippen molar-refractivity contribution in [2.24, 2.45) is 0 Å². The molecular weight excluding hydrogens is 442 g/mol. The zero-order valence-electron chi connectivity index (χ0n) is 16.8. The third kappa shape index (κ3) is 5.88. The minimum atomic E-state index is -4.06. The van der Waals surface area contributed by atoms with Crippen molar-refractivity contribution in [1.82, 2.24) is 0 Å². The van der Waals surface area contributed by atoms with Crippen LogP contribution in [-0.4, -0.2) is 26.9 Å². The molecule has 166 valence electrons. The number of hydrogen-bond acceptors (Lipinski definition) is 5. The van der Waals surface area contributed by atoms with Crippen LogP contribution in [-0.2, 0) is 19.6 Å². The Labute approximate surface area is 183 Å². The first-order valence-electron chi connectivity index (χ1n) is 9.25. The number of carbonyl (C=O) groups is 2. The fraction of sp³-hybridized carbons (Fsp3) is 0.0909. The number of carbonyl (C=O) groups excluding carboxylic acids is 2. The number of aryl methyl sites for hydroxylation is 1. The Morgan fingerprint density at radius 1 is 0.938 bits per heavy atom. The monoisotopic (exact) mass is 460 g/mol. The predicted octanol–water partition coefficient (Wildman–Crippen LogP) is 3.87. The number of amides is 1. The third-order valence-corrected chi connectivity index (χ3v) is 5.65. The minimum Gasteiger partial charge on any atom is -0.452 e. The summed E-state index contributed by atoms with van der Waals surface area (Å²) in [4.78, 5) is 24.0. The number of halogens is 2. The highest BCUT2D eigenvalue weighted by molar-refractivity contribution is 7.92. The summed E-state index contributed by atoms with van der Waals surface area (Å²) in [7, 11) is -4.06. The molecule has 7 nitrogen and oxygen atoms in total. The van der Waals surface area contributed by atoms with Crippen LogP contribution in [0.15, 0.2) is 71.6 Å². The van der Waals surface area contributed by atoms with Gasteiger partial charge in [0.05, 0.1) is 10.5 Å². The van der Waals surface area contributed by atoms with Crippen LogP contribution in [0, 0.1) is 18.6 Å². The van der Waals surface area contributed by atoms with E-state index < -0.39 is 40.1 Å². The molecule has 0 saturated carbocycles. The van der Waals surface area contributed by atoms with Gasteiger partial charge in [0.25, 0.3) is 15.9 Å². The molecule has 0 aliphatic rings. The van der Waals surface area contributed by atoms with E-state index in [1.165, 1.54) is 42.5 Å². The van der Waals surface area contributed by atoms with E-state index in [1.54, 1.807) is 6.92 Å². The van der Waals surface area contributed by atoms with Gasteiger partial charge in [0.2, 0.25) is 0 Å². The average molecular weight is 460 g/mol. The van der Waals surface area contributed by atoms with Crippen molar-refractivity contribution in [3.8, 4) is 0 Å². The summed E-state index contributed by atoms with van der Waals surface area (Å²) < 4.78 is 58.8. The molecule has 0 saturated heterocycles. The SMILES string of the molecule is Cc1ccc(NC(=O)COC(=O)c2cccc(S(=O)(=O)Nc3ccc(F)cc3)c2)cc1F. The van der Waals surface area contributed by atoms with E-state index in [9.17, 15) is 26.8 Å². The molecule has 0 aliphatic heterocycles. The summed E-state index contributed by atoms with van der Waals surface area (Å²) in [6.07, 6.45) is 0. The van der Waals surface area contributed by atoms with Crippen molar-refractivity contribution < 1.29 is 31.5 Å². The van der Waals surface area contributed by atoms with Crippen molar-refractivity contribution in [2.75, 3.05) is 16.6 Å². The van der Waals surface area contributed by atoms with Crippen LogP contribution in [0.4, 0.5) is 20.2 Å². The van der Waals surface area contributed by atoms with E-state index in [-0.39, 0.29) is 21.8 Å². The highest BCUT2D eigenvalue weighted by Crippen LogP contribution is 2.18. The Balaban J connectivity index is 1.63. The number of sulfonamides is 1. The summed E-state index contributed by atoms with van der Waals surface area (Å²) in [6, 6.07) is 13.8. The first kappa shape index (κ1) is 22.9. The average Bonchev–Trinajstić information content (AvgIpc) is 2.76. The van der Waals surface area contributed by atoms with Gasteiger partial charge in [-0.25, -0.2) is 22.0 Å². The largest absolute Gasteiger partial charge is 0.452 e. The molecule has 0 unspecified atom stereocenters. The van der Waals surface area contributed by atoms with E-state index in [4.69, 9.17) is 4.74 Å². The quantitative estimate of drug-likeness (QED) is 0.522. The maximum absolute atomic E-state index is 13.5. The fourth-order valence-electron chi connectivity index (χ4n) is 2.60. The molecule has 0 spiro atoms. The number of ether oxygens (including phenoxy) is 1. The molecule has 0 heterocycles. The number of anilines is 2. The highest BCUT2D eigenvalue weighted by Gasteiger charge is 2.18. The molecule has 0 fully saturated rings. The lowest BCUT2D eigenvalue weighted by atomic mass is 10.2. The van der Waals surface area contributed by atoms with Crippen LogP contribution in [0.2, 0.25) is 0 Å². The van der Waals surface area contributed by atoms with E-state index in [0.29, 0.717) is 5.56 Å². The molecule has 0 aromatic heterocycles. The van der Waals surface area contributed by atoms with E-state index in [0.717, 1.165) is 24.3 Å². The second-order valence-corrected chi connectivity index (χ2v) is 8.41. The van der Waals surface area contributed by atoms with Gasteiger partial charge >= 0.3 is 5.97 Å². The van der Waals surface area contributed by atoms with Crippen molar-refractivity contribution >= 4 is 33.3 Å². The second-order valence-electron chi connectivity index (χ2n) is 6.73. The lowest BCUT2D eigenvalue weighted by molar-refractivity contribution is -0.119. The third-order valence-electron chi connectivity index (χ3n) is 4.27. The molecule has 0 bridgehead atoms. The van der Waals surface area contributed by atoms with Gasteiger partial charge < -0.3 is 10.1 Å². The van der Waals surface area contributed by atoms with Gasteiger partial charge in [-0.15, -0.1) is 0 Å². The van der Waals surface area contributed by atoms with Crippen molar-refractivity contribution in [1.29, 1.82) is 0 Å². The summed E-state index contributed by atoms with van der Waals surface area (Å²) in [6.45, 7) is 0.922. The first-order valence-corrected chi connectivity index (χ1v) is 10.7. The summed E-state index contributed by atoms with van der Waals surface area (Å²) in [5.74, 6) is -2.63. The molecule has 1 amide bonds. The minimum absolute atomic E-state index is 0.0961. The van der Waals surface area contributed by atoms with Crippen LogP contribution in [0.25, 0.3) is 0 Å². The molecule has 0 atom stereocenters. The van der Waals surface area contributed by atoms with Gasteiger partial charge in [0.15, 0.2) is 6.61 Å². The smallest absolute Gasteiger partial charge is 0.338 e. The van der Waals surface area contributed by atoms with Crippen LogP contribution >= 0.6 is 0 Å². The lowest BCUT2D eigenvalue weighted by Crippen LogP contribution is -2.21. The highest BCUT2D eigenvalue weighted by atomic mass is 32.2. The number of benzene rings is 3. The summed E-state index contributed by atoms with van der Waals surface area (Å²) >= 11 is 0. The van der Waals surface area contributed by atoms with Gasteiger partial charge in [0, 0.05) is 11.4 Å². The second kappa shape index (κ2) is 9.56. The van der Waals surface area contributed by atoms with Crippen molar-refractivity contribution in [3.63, 3.8) is 0 Å². The summed E-state index contributed by atoms with van der Waals surface area (Å²) in [5.41, 5.74) is 0.664. The van der Waals surface area contributed by atoms with Crippen molar-refractivity contribution in [2.45, 2.75) is 11.8 Å². The number of hydrogen-bond donors (Lipinski definition) is 2. The Morgan fingerprint density at radius 3 is 2.31 bits per heavy atom. The number of rotatable bonds is 7. The zero-order valence-corrected chi connectivity index (χ0v) is 17.6. The van der Waals surface area contributed by atoms with Gasteiger partial charge in [-0.05, 0) is 67.1 Å². The summed E-state index contributed by atoms with van der Waals surface area (Å²) in [5, 5.41) is 2.39. The Morgan fingerprint density at radius 2 is 1.62 bits per heavy atom. The zero-order chi connectivity index (χ0) is 23.3. The van der Waals surface area contributed by atoms with E-state index in [1.807, 2.05) is 0 Å². The maximum Gasteiger partial charge on any atom is 0.338 e. The van der Waals surface area contributed by atoms with Crippen LogP contribution < -0.4 is 10.0 Å². The fourth-order valence-corrected chi connectivity index (χ4v) is 3.71. The van der Waals surface area contributed by atoms with Gasteiger partial charge in [-0.3, -0.25) is 9.52 Å². The molecule has 3 aromatic rings. The first-order chi connectivity index (χ1) is 15.1. The molecule has 3 rings (SSSR count).